The average Bonchev–Trinajstić information content (AvgIpc) is 3.07. The van der Waals surface area contributed by atoms with Crippen LogP contribution in [0.5, 0.6) is 5.75 Å². The summed E-state index contributed by atoms with van der Waals surface area (Å²) >= 11 is 0. The number of ether oxygens (including phenoxy) is 1. The van der Waals surface area contributed by atoms with Gasteiger partial charge in [0.1, 0.15) is 5.75 Å². The van der Waals surface area contributed by atoms with E-state index < -0.39 is 0 Å². The zero-order valence-corrected chi connectivity index (χ0v) is 16.0. The molecule has 144 valence electrons. The Labute approximate surface area is 160 Å². The number of halogens is 1. The Morgan fingerprint density at radius 1 is 1.27 bits per heavy atom. The third kappa shape index (κ3) is 4.48. The van der Waals surface area contributed by atoms with Crippen LogP contribution in [0.3, 0.4) is 0 Å². The molecule has 0 bridgehead atoms. The highest BCUT2D eigenvalue weighted by molar-refractivity contribution is 5.96. The van der Waals surface area contributed by atoms with Crippen molar-refractivity contribution in [2.75, 3.05) is 31.6 Å². The number of carbonyl (C=O) groups excluding carboxylic acids is 2. The Bertz CT molecular complexity index is 623. The van der Waals surface area contributed by atoms with Crippen LogP contribution in [-0.4, -0.2) is 38.1 Å². The van der Waals surface area contributed by atoms with Crippen molar-refractivity contribution in [1.29, 1.82) is 0 Å². The van der Waals surface area contributed by atoms with Gasteiger partial charge >= 0.3 is 0 Å². The van der Waals surface area contributed by atoms with E-state index in [-0.39, 0.29) is 36.2 Å². The molecular formula is C19H28ClN3O3. The van der Waals surface area contributed by atoms with E-state index in [2.05, 4.69) is 16.0 Å². The molecule has 1 aromatic carbocycles. The molecule has 1 saturated heterocycles. The Morgan fingerprint density at radius 3 is 2.77 bits per heavy atom. The summed E-state index contributed by atoms with van der Waals surface area (Å²) in [6.07, 6.45) is 4.44. The lowest BCUT2D eigenvalue weighted by atomic mass is 9.67. The van der Waals surface area contributed by atoms with E-state index in [9.17, 15) is 9.59 Å². The van der Waals surface area contributed by atoms with E-state index in [1.165, 1.54) is 6.42 Å². The van der Waals surface area contributed by atoms with Crippen LogP contribution < -0.4 is 20.7 Å². The van der Waals surface area contributed by atoms with Crippen LogP contribution in [0.15, 0.2) is 24.3 Å². The maximum Gasteiger partial charge on any atom is 0.257 e. The summed E-state index contributed by atoms with van der Waals surface area (Å²) in [5.41, 5.74) is 0.507. The first-order chi connectivity index (χ1) is 12.1. The molecule has 7 heteroatoms. The van der Waals surface area contributed by atoms with Gasteiger partial charge in [0.25, 0.3) is 5.91 Å². The van der Waals surface area contributed by atoms with Gasteiger partial charge in [0, 0.05) is 18.8 Å². The Balaban J connectivity index is 0.00000243. The van der Waals surface area contributed by atoms with Gasteiger partial charge in [-0.1, -0.05) is 12.8 Å². The van der Waals surface area contributed by atoms with E-state index >= 15 is 0 Å². The quantitative estimate of drug-likeness (QED) is 0.706. The summed E-state index contributed by atoms with van der Waals surface area (Å²) in [6, 6.07) is 7.19. The minimum absolute atomic E-state index is 0. The van der Waals surface area contributed by atoms with Crippen molar-refractivity contribution in [3.8, 4) is 5.75 Å². The molecule has 26 heavy (non-hydrogen) atoms. The van der Waals surface area contributed by atoms with Crippen LogP contribution in [-0.2, 0) is 9.59 Å². The van der Waals surface area contributed by atoms with Gasteiger partial charge in [-0.3, -0.25) is 9.59 Å². The number of hydrogen-bond acceptors (Lipinski definition) is 4. The van der Waals surface area contributed by atoms with Crippen molar-refractivity contribution in [1.82, 2.24) is 10.6 Å². The molecule has 0 radical (unpaired) electrons. The van der Waals surface area contributed by atoms with Crippen LogP contribution >= 0.6 is 12.4 Å². The lowest BCUT2D eigenvalue weighted by molar-refractivity contribution is -0.128. The number of anilines is 1. The van der Waals surface area contributed by atoms with E-state index in [0.717, 1.165) is 38.0 Å². The van der Waals surface area contributed by atoms with Gasteiger partial charge in [0.15, 0.2) is 6.61 Å². The highest BCUT2D eigenvalue weighted by Gasteiger charge is 2.49. The third-order valence-corrected chi connectivity index (χ3v) is 5.35. The molecule has 2 atom stereocenters. The number of benzene rings is 1. The molecule has 3 N–H and O–H groups in total. The second-order valence-electron chi connectivity index (χ2n) is 6.95. The molecule has 0 unspecified atom stereocenters. The van der Waals surface area contributed by atoms with Crippen LogP contribution in [0.4, 0.5) is 5.69 Å². The minimum Gasteiger partial charge on any atom is -0.484 e. The molecule has 0 spiro atoms. The maximum absolute atomic E-state index is 12.9. The first-order valence-electron chi connectivity index (χ1n) is 9.16. The highest BCUT2D eigenvalue weighted by Crippen LogP contribution is 2.44. The number of amides is 2. The molecule has 1 aromatic rings. The number of rotatable bonds is 6. The molecule has 1 aliphatic carbocycles. The number of hydrogen-bond donors (Lipinski definition) is 3. The largest absolute Gasteiger partial charge is 0.484 e. The molecule has 2 aliphatic rings. The molecule has 3 rings (SSSR count). The summed E-state index contributed by atoms with van der Waals surface area (Å²) in [7, 11) is 0. The second kappa shape index (κ2) is 9.24. The van der Waals surface area contributed by atoms with Gasteiger partial charge in [-0.15, -0.1) is 12.4 Å². The van der Waals surface area contributed by atoms with Crippen LogP contribution in [0.25, 0.3) is 0 Å². The molecular weight excluding hydrogens is 354 g/mol. The standard InChI is InChI=1S/C19H27N3O3.ClH/c1-2-21-17(23)12-25-16-8-6-15(7-9-16)22-18(24)19-10-4-3-5-14(19)11-20-13-19;/h6-9,14,20H,2-5,10-13H2,1H3,(H,21,23)(H,22,24);1H/t14-,19+;/m0./s1. The van der Waals surface area contributed by atoms with Gasteiger partial charge in [-0.25, -0.2) is 0 Å². The van der Waals surface area contributed by atoms with E-state index in [1.54, 1.807) is 12.1 Å². The van der Waals surface area contributed by atoms with Crippen molar-refractivity contribution in [2.45, 2.75) is 32.6 Å². The fourth-order valence-corrected chi connectivity index (χ4v) is 3.98. The average molecular weight is 382 g/mol. The van der Waals surface area contributed by atoms with Crippen molar-refractivity contribution in [3.63, 3.8) is 0 Å². The predicted octanol–water partition coefficient (Wildman–Crippen LogP) is 2.34. The Morgan fingerprint density at radius 2 is 2.04 bits per heavy atom. The minimum atomic E-state index is -0.258. The summed E-state index contributed by atoms with van der Waals surface area (Å²) in [5.74, 6) is 1.04. The first kappa shape index (κ1) is 20.5. The van der Waals surface area contributed by atoms with Gasteiger partial charge in [0.05, 0.1) is 5.41 Å². The van der Waals surface area contributed by atoms with E-state index in [1.807, 2.05) is 19.1 Å². The molecule has 1 aliphatic heterocycles. The van der Waals surface area contributed by atoms with Crippen LogP contribution in [0.2, 0.25) is 0 Å². The molecule has 1 saturated carbocycles. The van der Waals surface area contributed by atoms with Crippen molar-refractivity contribution < 1.29 is 14.3 Å². The normalized spacial score (nSPS) is 24.1. The molecule has 2 fully saturated rings. The zero-order valence-electron chi connectivity index (χ0n) is 15.2. The van der Waals surface area contributed by atoms with Crippen LogP contribution in [0.1, 0.15) is 32.6 Å². The van der Waals surface area contributed by atoms with E-state index in [4.69, 9.17) is 4.74 Å². The Kier molecular flexibility index (Phi) is 7.29. The van der Waals surface area contributed by atoms with Crippen molar-refractivity contribution in [3.05, 3.63) is 24.3 Å². The molecule has 6 nitrogen and oxygen atoms in total. The smallest absolute Gasteiger partial charge is 0.257 e. The fourth-order valence-electron chi connectivity index (χ4n) is 3.98. The summed E-state index contributed by atoms with van der Waals surface area (Å²) < 4.78 is 5.43. The van der Waals surface area contributed by atoms with Gasteiger partial charge < -0.3 is 20.7 Å². The SMILES string of the molecule is CCNC(=O)COc1ccc(NC(=O)[C@@]23CCCC[C@H]2CNC3)cc1.Cl. The summed E-state index contributed by atoms with van der Waals surface area (Å²) in [5, 5.41) is 9.16. The molecule has 0 aromatic heterocycles. The Hall–Kier alpha value is -1.79. The second-order valence-corrected chi connectivity index (χ2v) is 6.95. The lowest BCUT2D eigenvalue weighted by Gasteiger charge is -2.37. The summed E-state index contributed by atoms with van der Waals surface area (Å²) in [6.45, 7) is 4.17. The topological polar surface area (TPSA) is 79.5 Å². The predicted molar refractivity (Wildman–Crippen MR) is 104 cm³/mol. The molecule has 2 amide bonds. The number of nitrogens with one attached hydrogen (secondary N) is 3. The first-order valence-corrected chi connectivity index (χ1v) is 9.16. The number of likely N-dealkylation sites (N-methyl/N-ethyl adjacent to an activating group) is 1. The van der Waals surface area contributed by atoms with E-state index in [0.29, 0.717) is 18.2 Å². The summed E-state index contributed by atoms with van der Waals surface area (Å²) in [4.78, 5) is 24.3. The van der Waals surface area contributed by atoms with Crippen molar-refractivity contribution in [2.24, 2.45) is 11.3 Å². The maximum atomic E-state index is 12.9. The fraction of sp³-hybridized carbons (Fsp3) is 0.579. The van der Waals surface area contributed by atoms with Gasteiger partial charge in [-0.05, 0) is 56.5 Å². The van der Waals surface area contributed by atoms with Gasteiger partial charge in [0.2, 0.25) is 5.91 Å². The van der Waals surface area contributed by atoms with Gasteiger partial charge in [-0.2, -0.15) is 0 Å². The van der Waals surface area contributed by atoms with Crippen LogP contribution in [0, 0.1) is 11.3 Å². The number of carbonyl (C=O) groups is 2. The third-order valence-electron chi connectivity index (χ3n) is 5.35. The zero-order chi connectivity index (χ0) is 17.7. The monoisotopic (exact) mass is 381 g/mol. The van der Waals surface area contributed by atoms with Crippen molar-refractivity contribution >= 4 is 29.9 Å². The highest BCUT2D eigenvalue weighted by atomic mass is 35.5. The molecule has 1 heterocycles. The lowest BCUT2D eigenvalue weighted by Crippen LogP contribution is -2.44. The number of fused-ring (bicyclic) bond motifs is 1.